The molecule has 1 aromatic heterocycles. The molecule has 0 aromatic carbocycles. The van der Waals surface area contributed by atoms with Gasteiger partial charge in [-0.15, -0.1) is 0 Å². The number of pyridine rings is 1. The predicted molar refractivity (Wildman–Crippen MR) is 64.2 cm³/mol. The van der Waals surface area contributed by atoms with Crippen LogP contribution in [0.25, 0.3) is 0 Å². The number of anilines is 2. The van der Waals surface area contributed by atoms with Gasteiger partial charge in [0.2, 0.25) is 0 Å². The molecule has 3 heterocycles. The summed E-state index contributed by atoms with van der Waals surface area (Å²) in [6.07, 6.45) is 3.04. The van der Waals surface area contributed by atoms with Crippen LogP contribution >= 0.6 is 0 Å². The van der Waals surface area contributed by atoms with E-state index in [-0.39, 0.29) is 0 Å². The normalized spacial score (nSPS) is 20.1. The number of morpholine rings is 1. The molecule has 2 aliphatic rings. The average Bonchev–Trinajstić information content (AvgIpc) is 2.73. The Morgan fingerprint density at radius 3 is 2.88 bits per heavy atom. The summed E-state index contributed by atoms with van der Waals surface area (Å²) in [4.78, 5) is 9.21. The van der Waals surface area contributed by atoms with Gasteiger partial charge in [-0.3, -0.25) is 0 Å². The first-order valence-corrected chi connectivity index (χ1v) is 5.88. The largest absolute Gasteiger partial charge is 0.378 e. The third-order valence-corrected chi connectivity index (χ3v) is 3.43. The Balaban J connectivity index is 1.95. The van der Waals surface area contributed by atoms with Crippen molar-refractivity contribution in [3.8, 4) is 0 Å². The summed E-state index contributed by atoms with van der Waals surface area (Å²) >= 11 is 0. The summed E-state index contributed by atoms with van der Waals surface area (Å²) in [5.41, 5.74) is 2.75. The molecule has 3 rings (SSSR count). The highest BCUT2D eigenvalue weighted by molar-refractivity contribution is 5.67. The molecular weight excluding hydrogens is 202 g/mol. The number of hydrogen-bond donors (Lipinski definition) is 0. The van der Waals surface area contributed by atoms with Crippen molar-refractivity contribution in [1.82, 2.24) is 4.98 Å². The van der Waals surface area contributed by atoms with Crippen molar-refractivity contribution in [2.75, 3.05) is 49.7 Å². The lowest BCUT2D eigenvalue weighted by Gasteiger charge is -2.29. The Morgan fingerprint density at radius 1 is 1.25 bits per heavy atom. The maximum atomic E-state index is 5.38. The first kappa shape index (κ1) is 9.90. The number of likely N-dealkylation sites (N-methyl/N-ethyl adjacent to an activating group) is 1. The lowest BCUT2D eigenvalue weighted by molar-refractivity contribution is 0.122. The van der Waals surface area contributed by atoms with Gasteiger partial charge in [0.25, 0.3) is 0 Å². The van der Waals surface area contributed by atoms with Crippen molar-refractivity contribution >= 4 is 11.5 Å². The highest BCUT2D eigenvalue weighted by atomic mass is 16.5. The zero-order chi connectivity index (χ0) is 11.0. The smallest absolute Gasteiger partial charge is 0.134 e. The first-order chi connectivity index (χ1) is 7.86. The van der Waals surface area contributed by atoms with Crippen molar-refractivity contribution < 1.29 is 4.74 Å². The third-order valence-electron chi connectivity index (χ3n) is 3.43. The second kappa shape index (κ2) is 3.94. The number of aromatic nitrogens is 1. The standard InChI is InChI=1S/C12H17N3O/c1-14-5-3-10-11(14)2-4-13-12(10)15-6-8-16-9-7-15/h2,4H,3,5-9H2,1H3. The van der Waals surface area contributed by atoms with Crippen LogP contribution in [-0.2, 0) is 11.2 Å². The van der Waals surface area contributed by atoms with E-state index in [0.717, 1.165) is 39.3 Å². The summed E-state index contributed by atoms with van der Waals surface area (Å²) in [5, 5.41) is 0. The molecule has 1 fully saturated rings. The van der Waals surface area contributed by atoms with E-state index in [1.807, 2.05) is 6.20 Å². The number of hydrogen-bond acceptors (Lipinski definition) is 4. The van der Waals surface area contributed by atoms with Gasteiger partial charge in [0.1, 0.15) is 5.82 Å². The van der Waals surface area contributed by atoms with Crippen LogP contribution in [0.2, 0.25) is 0 Å². The Morgan fingerprint density at radius 2 is 2.06 bits per heavy atom. The molecule has 86 valence electrons. The fourth-order valence-corrected chi connectivity index (χ4v) is 2.52. The van der Waals surface area contributed by atoms with Gasteiger partial charge < -0.3 is 14.5 Å². The van der Waals surface area contributed by atoms with Crippen molar-refractivity contribution in [1.29, 1.82) is 0 Å². The SMILES string of the molecule is CN1CCc2c1ccnc2N1CCOCC1. The van der Waals surface area contributed by atoms with Crippen LogP contribution in [0.5, 0.6) is 0 Å². The van der Waals surface area contributed by atoms with Gasteiger partial charge in [0.05, 0.1) is 13.2 Å². The minimum Gasteiger partial charge on any atom is -0.378 e. The molecule has 16 heavy (non-hydrogen) atoms. The third kappa shape index (κ3) is 1.53. The highest BCUT2D eigenvalue weighted by Gasteiger charge is 2.23. The second-order valence-corrected chi connectivity index (χ2v) is 4.40. The number of fused-ring (bicyclic) bond motifs is 1. The van der Waals surface area contributed by atoms with Crippen LogP contribution in [0.3, 0.4) is 0 Å². The van der Waals surface area contributed by atoms with E-state index in [1.165, 1.54) is 17.1 Å². The van der Waals surface area contributed by atoms with E-state index in [2.05, 4.69) is 27.9 Å². The molecule has 4 nitrogen and oxygen atoms in total. The zero-order valence-corrected chi connectivity index (χ0v) is 9.65. The van der Waals surface area contributed by atoms with Crippen molar-refractivity contribution in [3.05, 3.63) is 17.8 Å². The van der Waals surface area contributed by atoms with Crippen LogP contribution in [0, 0.1) is 0 Å². The monoisotopic (exact) mass is 219 g/mol. The van der Waals surface area contributed by atoms with E-state index < -0.39 is 0 Å². The zero-order valence-electron chi connectivity index (χ0n) is 9.65. The maximum absolute atomic E-state index is 5.38. The van der Waals surface area contributed by atoms with Crippen molar-refractivity contribution in [2.45, 2.75) is 6.42 Å². The molecule has 0 saturated carbocycles. The van der Waals surface area contributed by atoms with E-state index in [1.54, 1.807) is 0 Å². The van der Waals surface area contributed by atoms with Crippen LogP contribution in [-0.4, -0.2) is 44.9 Å². The molecule has 0 N–H and O–H groups in total. The van der Waals surface area contributed by atoms with E-state index in [4.69, 9.17) is 4.74 Å². The Bertz CT molecular complexity index is 388. The molecule has 0 bridgehead atoms. The maximum Gasteiger partial charge on any atom is 0.134 e. The summed E-state index contributed by atoms with van der Waals surface area (Å²) in [5.74, 6) is 1.17. The Kier molecular flexibility index (Phi) is 2.44. The lowest BCUT2D eigenvalue weighted by Crippen LogP contribution is -2.37. The Labute approximate surface area is 95.8 Å². The Hall–Kier alpha value is -1.29. The molecule has 0 amide bonds. The predicted octanol–water partition coefficient (Wildman–Crippen LogP) is 0.910. The highest BCUT2D eigenvalue weighted by Crippen LogP contribution is 2.33. The fraction of sp³-hybridized carbons (Fsp3) is 0.583. The van der Waals surface area contributed by atoms with E-state index in [0.29, 0.717) is 0 Å². The van der Waals surface area contributed by atoms with Gasteiger partial charge in [-0.1, -0.05) is 0 Å². The number of ether oxygens (including phenoxy) is 1. The molecule has 2 aliphatic heterocycles. The van der Waals surface area contributed by atoms with Crippen LogP contribution in [0.15, 0.2) is 12.3 Å². The van der Waals surface area contributed by atoms with Gasteiger partial charge in [0.15, 0.2) is 0 Å². The molecule has 0 aliphatic carbocycles. The summed E-state index contributed by atoms with van der Waals surface area (Å²) in [7, 11) is 2.15. The van der Waals surface area contributed by atoms with Crippen LogP contribution < -0.4 is 9.80 Å². The molecule has 4 heteroatoms. The molecule has 0 spiro atoms. The molecule has 0 radical (unpaired) electrons. The van der Waals surface area contributed by atoms with Crippen molar-refractivity contribution in [3.63, 3.8) is 0 Å². The molecular formula is C12H17N3O. The molecule has 0 atom stereocenters. The topological polar surface area (TPSA) is 28.6 Å². The molecule has 1 aromatic rings. The fourth-order valence-electron chi connectivity index (χ4n) is 2.52. The van der Waals surface area contributed by atoms with Gasteiger partial charge in [-0.05, 0) is 12.5 Å². The minimum atomic E-state index is 0.821. The van der Waals surface area contributed by atoms with Gasteiger partial charge in [-0.25, -0.2) is 4.98 Å². The summed E-state index contributed by atoms with van der Waals surface area (Å²) in [6, 6.07) is 2.12. The van der Waals surface area contributed by atoms with E-state index in [9.17, 15) is 0 Å². The molecule has 1 saturated heterocycles. The summed E-state index contributed by atoms with van der Waals surface area (Å²) < 4.78 is 5.38. The van der Waals surface area contributed by atoms with E-state index >= 15 is 0 Å². The molecule has 0 unspecified atom stereocenters. The number of rotatable bonds is 1. The summed E-state index contributed by atoms with van der Waals surface area (Å²) in [6.45, 7) is 4.68. The van der Waals surface area contributed by atoms with Gasteiger partial charge >= 0.3 is 0 Å². The van der Waals surface area contributed by atoms with Crippen LogP contribution in [0.1, 0.15) is 5.56 Å². The van der Waals surface area contributed by atoms with Crippen molar-refractivity contribution in [2.24, 2.45) is 0 Å². The quantitative estimate of drug-likeness (QED) is 0.702. The average molecular weight is 219 g/mol. The first-order valence-electron chi connectivity index (χ1n) is 5.88. The minimum absolute atomic E-state index is 0.821. The van der Waals surface area contributed by atoms with Gasteiger partial charge in [0, 0.05) is 44.1 Å². The van der Waals surface area contributed by atoms with Gasteiger partial charge in [-0.2, -0.15) is 0 Å². The lowest BCUT2D eigenvalue weighted by atomic mass is 10.2. The second-order valence-electron chi connectivity index (χ2n) is 4.40. The number of nitrogens with zero attached hydrogens (tertiary/aromatic N) is 3. The van der Waals surface area contributed by atoms with Crippen LogP contribution in [0.4, 0.5) is 11.5 Å².